The topological polar surface area (TPSA) is 66.6 Å². The number of rotatable bonds is 1. The van der Waals surface area contributed by atoms with Gasteiger partial charge in [0.15, 0.2) is 11.5 Å². The van der Waals surface area contributed by atoms with Crippen LogP contribution in [0.3, 0.4) is 0 Å². The number of piperazine rings is 1. The van der Waals surface area contributed by atoms with E-state index in [9.17, 15) is 4.79 Å². The molecule has 3 aliphatic rings. The maximum Gasteiger partial charge on any atom is 0.237 e. The Morgan fingerprint density at radius 2 is 1.96 bits per heavy atom. The van der Waals surface area contributed by atoms with E-state index in [1.54, 1.807) is 0 Å². The number of carbonyl (C=O) groups is 1. The van der Waals surface area contributed by atoms with Crippen molar-refractivity contribution in [3.05, 3.63) is 59.3 Å². The van der Waals surface area contributed by atoms with E-state index in [4.69, 9.17) is 9.47 Å². The maximum absolute atomic E-state index is 12.9. The monoisotopic (exact) mass is 361 g/mol. The number of aromatic nitrogens is 1. The lowest BCUT2D eigenvalue weighted by atomic mass is 9.87. The predicted molar refractivity (Wildman–Crippen MR) is 99.9 cm³/mol. The molecular formula is C21H19N3O3. The summed E-state index contributed by atoms with van der Waals surface area (Å²) in [5, 5.41) is 4.52. The van der Waals surface area contributed by atoms with Crippen LogP contribution in [0, 0.1) is 0 Å². The number of carbonyl (C=O) groups excluding carboxylic acids is 1. The maximum atomic E-state index is 12.9. The van der Waals surface area contributed by atoms with E-state index < -0.39 is 0 Å². The molecule has 2 aromatic carbocycles. The van der Waals surface area contributed by atoms with Gasteiger partial charge in [0.1, 0.15) is 0 Å². The second-order valence-electron chi connectivity index (χ2n) is 7.37. The van der Waals surface area contributed by atoms with Crippen molar-refractivity contribution in [1.82, 2.24) is 15.2 Å². The van der Waals surface area contributed by atoms with Crippen LogP contribution in [-0.2, 0) is 11.2 Å². The molecule has 3 aromatic rings. The van der Waals surface area contributed by atoms with E-state index in [-0.39, 0.29) is 24.8 Å². The van der Waals surface area contributed by atoms with Crippen molar-refractivity contribution in [2.45, 2.75) is 18.5 Å². The first-order valence-electron chi connectivity index (χ1n) is 9.30. The molecular weight excluding hydrogens is 342 g/mol. The second-order valence-corrected chi connectivity index (χ2v) is 7.37. The van der Waals surface area contributed by atoms with Gasteiger partial charge >= 0.3 is 0 Å². The second kappa shape index (κ2) is 5.50. The number of ether oxygens (including phenoxy) is 2. The van der Waals surface area contributed by atoms with Gasteiger partial charge in [-0.3, -0.25) is 4.79 Å². The molecule has 27 heavy (non-hydrogen) atoms. The van der Waals surface area contributed by atoms with Crippen LogP contribution in [0.5, 0.6) is 11.5 Å². The fourth-order valence-corrected chi connectivity index (χ4v) is 4.72. The first kappa shape index (κ1) is 15.1. The molecule has 1 amide bonds. The number of hydrogen-bond donors (Lipinski definition) is 2. The molecule has 1 aromatic heterocycles. The zero-order valence-corrected chi connectivity index (χ0v) is 14.7. The van der Waals surface area contributed by atoms with Gasteiger partial charge in [0.25, 0.3) is 0 Å². The SMILES string of the molecule is O=C1CNC[C@H]2Cc3c([nH]c4ccccc34)[C@@H](c3ccc4c(c3)OCO4)N12. The minimum absolute atomic E-state index is 0.137. The molecule has 6 heteroatoms. The molecule has 4 heterocycles. The fourth-order valence-electron chi connectivity index (χ4n) is 4.72. The van der Waals surface area contributed by atoms with Gasteiger partial charge in [-0.05, 0) is 35.7 Å². The third-order valence-corrected chi connectivity index (χ3v) is 5.89. The van der Waals surface area contributed by atoms with Crippen LogP contribution in [0.25, 0.3) is 10.9 Å². The average molecular weight is 361 g/mol. The van der Waals surface area contributed by atoms with Crippen molar-refractivity contribution in [3.63, 3.8) is 0 Å². The molecule has 3 aliphatic heterocycles. The molecule has 2 N–H and O–H groups in total. The Labute approximate surface area is 156 Å². The number of fused-ring (bicyclic) bond motifs is 5. The van der Waals surface area contributed by atoms with Gasteiger partial charge in [-0.15, -0.1) is 0 Å². The lowest BCUT2D eigenvalue weighted by molar-refractivity contribution is -0.137. The Morgan fingerprint density at radius 1 is 1.07 bits per heavy atom. The number of benzene rings is 2. The summed E-state index contributed by atoms with van der Waals surface area (Å²) < 4.78 is 11.1. The van der Waals surface area contributed by atoms with Crippen molar-refractivity contribution in [1.29, 1.82) is 0 Å². The van der Waals surface area contributed by atoms with E-state index in [2.05, 4.69) is 28.5 Å². The van der Waals surface area contributed by atoms with Crippen molar-refractivity contribution in [2.75, 3.05) is 19.9 Å². The minimum atomic E-state index is -0.143. The Balaban J connectivity index is 1.58. The molecule has 6 nitrogen and oxygen atoms in total. The number of nitrogens with one attached hydrogen (secondary N) is 2. The lowest BCUT2D eigenvalue weighted by Gasteiger charge is -2.45. The number of amides is 1. The van der Waals surface area contributed by atoms with Crippen LogP contribution in [0.2, 0.25) is 0 Å². The summed E-state index contributed by atoms with van der Waals surface area (Å²) in [6.07, 6.45) is 0.860. The first-order chi connectivity index (χ1) is 13.3. The van der Waals surface area contributed by atoms with Crippen molar-refractivity contribution >= 4 is 16.8 Å². The highest BCUT2D eigenvalue weighted by atomic mass is 16.7. The predicted octanol–water partition coefficient (Wildman–Crippen LogP) is 2.34. The average Bonchev–Trinajstić information content (AvgIpc) is 3.30. The summed E-state index contributed by atoms with van der Waals surface area (Å²) in [5.41, 5.74) is 4.59. The third kappa shape index (κ3) is 2.13. The summed E-state index contributed by atoms with van der Waals surface area (Å²) in [4.78, 5) is 18.5. The smallest absolute Gasteiger partial charge is 0.237 e. The molecule has 136 valence electrons. The van der Waals surface area contributed by atoms with Gasteiger partial charge in [0, 0.05) is 29.2 Å². The van der Waals surface area contributed by atoms with E-state index >= 15 is 0 Å². The van der Waals surface area contributed by atoms with Gasteiger partial charge in [-0.25, -0.2) is 0 Å². The zero-order valence-electron chi connectivity index (χ0n) is 14.7. The number of aromatic amines is 1. The summed E-state index contributed by atoms with van der Waals surface area (Å²) in [6, 6.07) is 14.4. The standard InChI is InChI=1S/C21H19N3O3/c25-19-10-22-9-13-8-15-14-3-1-2-4-16(14)23-20(15)21(24(13)19)12-5-6-17-18(7-12)27-11-26-17/h1-7,13,21-23H,8-11H2/t13-,21-/m1/s1. The van der Waals surface area contributed by atoms with Crippen LogP contribution in [0.4, 0.5) is 0 Å². The molecule has 1 fully saturated rings. The highest BCUT2D eigenvalue weighted by molar-refractivity contribution is 5.87. The first-order valence-corrected chi connectivity index (χ1v) is 9.30. The molecule has 6 rings (SSSR count). The number of hydrogen-bond acceptors (Lipinski definition) is 4. The lowest BCUT2D eigenvalue weighted by Crippen LogP contribution is -2.58. The van der Waals surface area contributed by atoms with Crippen LogP contribution in [-0.4, -0.2) is 41.7 Å². The Bertz CT molecular complexity index is 1070. The minimum Gasteiger partial charge on any atom is -0.454 e. The number of nitrogens with zero attached hydrogens (tertiary/aromatic N) is 1. The van der Waals surface area contributed by atoms with Gasteiger partial charge in [-0.2, -0.15) is 0 Å². The van der Waals surface area contributed by atoms with Crippen molar-refractivity contribution in [3.8, 4) is 11.5 Å². The van der Waals surface area contributed by atoms with Crippen LogP contribution in [0.15, 0.2) is 42.5 Å². The van der Waals surface area contributed by atoms with Crippen molar-refractivity contribution in [2.24, 2.45) is 0 Å². The van der Waals surface area contributed by atoms with Gasteiger partial charge in [-0.1, -0.05) is 24.3 Å². The fraction of sp³-hybridized carbons (Fsp3) is 0.286. The molecule has 0 bridgehead atoms. The zero-order chi connectivity index (χ0) is 18.0. The number of para-hydroxylation sites is 1. The van der Waals surface area contributed by atoms with Crippen LogP contribution in [0.1, 0.15) is 22.9 Å². The Hall–Kier alpha value is -2.99. The van der Waals surface area contributed by atoms with E-state index in [1.807, 2.05) is 29.2 Å². The van der Waals surface area contributed by atoms with E-state index in [0.29, 0.717) is 6.54 Å². The normalized spacial score (nSPS) is 23.4. The Morgan fingerprint density at radius 3 is 2.93 bits per heavy atom. The van der Waals surface area contributed by atoms with Crippen LogP contribution < -0.4 is 14.8 Å². The summed E-state index contributed by atoms with van der Waals surface area (Å²) in [7, 11) is 0. The van der Waals surface area contributed by atoms with Gasteiger partial charge in [0.05, 0.1) is 12.6 Å². The molecule has 2 atom stereocenters. The molecule has 1 saturated heterocycles. The van der Waals surface area contributed by atoms with Crippen LogP contribution >= 0.6 is 0 Å². The van der Waals surface area contributed by atoms with Gasteiger partial charge < -0.3 is 24.7 Å². The highest BCUT2D eigenvalue weighted by Gasteiger charge is 2.42. The Kier molecular flexibility index (Phi) is 3.08. The molecule has 0 spiro atoms. The molecule has 0 radical (unpaired) electrons. The largest absolute Gasteiger partial charge is 0.454 e. The van der Waals surface area contributed by atoms with Crippen molar-refractivity contribution < 1.29 is 14.3 Å². The molecule has 0 aliphatic carbocycles. The highest BCUT2D eigenvalue weighted by Crippen LogP contribution is 2.43. The van der Waals surface area contributed by atoms with E-state index in [1.165, 1.54) is 10.9 Å². The van der Waals surface area contributed by atoms with Gasteiger partial charge in [0.2, 0.25) is 12.7 Å². The van der Waals surface area contributed by atoms with E-state index in [0.717, 1.165) is 41.2 Å². The summed E-state index contributed by atoms with van der Waals surface area (Å²) in [5.74, 6) is 1.64. The molecule has 0 unspecified atom stereocenters. The quantitative estimate of drug-likeness (QED) is 0.698. The summed E-state index contributed by atoms with van der Waals surface area (Å²) >= 11 is 0. The molecule has 0 saturated carbocycles. The summed E-state index contributed by atoms with van der Waals surface area (Å²) in [6.45, 7) is 1.44. The third-order valence-electron chi connectivity index (χ3n) is 5.89. The number of H-pyrrole nitrogens is 1.